The number of nitrogens with one attached hydrogen (secondary N) is 2. The van der Waals surface area contributed by atoms with Crippen LogP contribution in [0.25, 0.3) is 33.3 Å². The summed E-state index contributed by atoms with van der Waals surface area (Å²) >= 11 is 0. The third kappa shape index (κ3) is 9.47. The van der Waals surface area contributed by atoms with E-state index in [1.54, 1.807) is 11.0 Å². The number of likely N-dealkylation sites (tertiary alicyclic amines) is 2. The van der Waals surface area contributed by atoms with Gasteiger partial charge in [0.1, 0.15) is 24.8 Å². The first-order valence-electron chi connectivity index (χ1n) is 27.6. The Morgan fingerprint density at radius 2 is 1.74 bits per heavy atom. The summed E-state index contributed by atoms with van der Waals surface area (Å²) in [5.41, 5.74) is 10.1. The molecular formula is C59H74FN7O6. The second-order valence-corrected chi connectivity index (χ2v) is 24.0. The van der Waals surface area contributed by atoms with Crippen LogP contribution in [-0.2, 0) is 54.8 Å². The van der Waals surface area contributed by atoms with Crippen molar-refractivity contribution in [2.75, 3.05) is 32.8 Å². The molecule has 4 aromatic rings. The highest BCUT2D eigenvalue weighted by molar-refractivity contribution is 5.97. The number of rotatable bonds is 10. The van der Waals surface area contributed by atoms with Gasteiger partial charge in [0.15, 0.2) is 0 Å². The number of aromatic nitrogens is 2. The number of nitrogens with zero attached hydrogens (tertiary/aromatic N) is 5. The Morgan fingerprint density at radius 3 is 2.49 bits per heavy atom. The molecule has 6 bridgehead atoms. The molecule has 388 valence electrons. The number of aryl methyl sites for hydroxylation is 1. The van der Waals surface area contributed by atoms with Crippen molar-refractivity contribution in [2.45, 2.75) is 155 Å². The smallest absolute Gasteiger partial charge is 0.324 e. The van der Waals surface area contributed by atoms with E-state index in [2.05, 4.69) is 74.2 Å². The van der Waals surface area contributed by atoms with E-state index in [1.807, 2.05) is 29.3 Å². The number of esters is 1. The molecule has 6 atom stereocenters. The van der Waals surface area contributed by atoms with Crippen molar-refractivity contribution in [1.29, 1.82) is 0 Å². The Labute approximate surface area is 429 Å². The van der Waals surface area contributed by atoms with E-state index in [-0.39, 0.29) is 48.5 Å². The Balaban J connectivity index is 0.950. The number of hydrazine groups is 1. The van der Waals surface area contributed by atoms with E-state index in [0.717, 1.165) is 76.6 Å². The van der Waals surface area contributed by atoms with Crippen LogP contribution in [0.5, 0.6) is 0 Å². The molecule has 14 heteroatoms. The van der Waals surface area contributed by atoms with Crippen LogP contribution in [0, 0.1) is 34.5 Å². The quantitative estimate of drug-likeness (QED) is 0.150. The average molecular weight is 996 g/mol. The van der Waals surface area contributed by atoms with Gasteiger partial charge in [-0.05, 0) is 153 Å². The highest BCUT2D eigenvalue weighted by atomic mass is 19.1. The number of carbonyl (C=O) groups excluding carboxylic acids is 5. The number of alkyl halides is 1. The van der Waals surface area contributed by atoms with Crippen LogP contribution in [0.2, 0.25) is 0 Å². The molecule has 0 radical (unpaired) electrons. The molecule has 73 heavy (non-hydrogen) atoms. The van der Waals surface area contributed by atoms with Crippen molar-refractivity contribution in [3.63, 3.8) is 0 Å². The van der Waals surface area contributed by atoms with Crippen LogP contribution in [0.1, 0.15) is 134 Å². The Bertz CT molecular complexity index is 2830. The Hall–Kier alpha value is -5.63. The van der Waals surface area contributed by atoms with Gasteiger partial charge in [-0.3, -0.25) is 34.0 Å². The van der Waals surface area contributed by atoms with Crippen molar-refractivity contribution >= 4 is 40.5 Å². The third-order valence-electron chi connectivity index (χ3n) is 17.8. The second kappa shape index (κ2) is 19.6. The molecule has 3 saturated heterocycles. The molecule has 2 aromatic heterocycles. The van der Waals surface area contributed by atoms with Crippen molar-refractivity contribution in [3.05, 3.63) is 77.1 Å². The number of fused-ring (bicyclic) bond motifs is 6. The first-order chi connectivity index (χ1) is 35.2. The van der Waals surface area contributed by atoms with Gasteiger partial charge >= 0.3 is 5.97 Å². The maximum atomic E-state index is 15.2. The van der Waals surface area contributed by atoms with E-state index in [1.165, 1.54) is 17.9 Å². The number of amides is 4. The molecule has 3 saturated carbocycles. The maximum Gasteiger partial charge on any atom is 0.324 e. The summed E-state index contributed by atoms with van der Waals surface area (Å²) in [6.07, 6.45) is 11.5. The highest BCUT2D eigenvalue weighted by Crippen LogP contribution is 2.56. The normalized spacial score (nSPS) is 27.0. The Morgan fingerprint density at radius 1 is 0.945 bits per heavy atom. The first-order valence-corrected chi connectivity index (χ1v) is 27.6. The summed E-state index contributed by atoms with van der Waals surface area (Å²) in [4.78, 5) is 81.6. The summed E-state index contributed by atoms with van der Waals surface area (Å²) in [6.45, 7) is 12.5. The van der Waals surface area contributed by atoms with Gasteiger partial charge < -0.3 is 24.4 Å². The zero-order valence-corrected chi connectivity index (χ0v) is 43.5. The van der Waals surface area contributed by atoms with Crippen molar-refractivity contribution in [2.24, 2.45) is 34.5 Å². The SMILES string of the molecule is CCn1c(-c2cccnc2C(C)C)c2c3cc(ccc31)-c1cc(CF)cc(c1)C[C@H](NC(=O)[C@H](C1CCCC1)N1CC[C@]3(CCN(C(=O)[C@@H]4C[C@@H]4C4CC4)C3)C1=O)C(=O)N1CCC[C@H](N1)C(=O)OCC(C)(C)C2. The lowest BCUT2D eigenvalue weighted by Crippen LogP contribution is -2.62. The fourth-order valence-corrected chi connectivity index (χ4v) is 13.7. The van der Waals surface area contributed by atoms with Gasteiger partial charge in [0.05, 0.1) is 23.4 Å². The Kier molecular flexibility index (Phi) is 13.3. The predicted molar refractivity (Wildman–Crippen MR) is 277 cm³/mol. The van der Waals surface area contributed by atoms with Crippen LogP contribution in [0.3, 0.4) is 0 Å². The molecule has 1 spiro atoms. The molecular weight excluding hydrogens is 922 g/mol. The lowest BCUT2D eigenvalue weighted by molar-refractivity contribution is -0.155. The number of pyridine rings is 1. The minimum Gasteiger partial charge on any atom is -0.464 e. The molecule has 6 fully saturated rings. The summed E-state index contributed by atoms with van der Waals surface area (Å²) in [5, 5.41) is 5.70. The number of benzene rings is 2. The van der Waals surface area contributed by atoms with Gasteiger partial charge in [0, 0.05) is 73.1 Å². The molecule has 2 aromatic carbocycles. The minimum absolute atomic E-state index is 0.0467. The van der Waals surface area contributed by atoms with Gasteiger partial charge in [-0.2, -0.15) is 0 Å². The number of carbonyl (C=O) groups is 5. The van der Waals surface area contributed by atoms with E-state index >= 15 is 14.0 Å². The van der Waals surface area contributed by atoms with Gasteiger partial charge in [-0.25, -0.2) is 9.82 Å². The molecule has 4 amide bonds. The molecule has 0 unspecified atom stereocenters. The van der Waals surface area contributed by atoms with Gasteiger partial charge in [-0.15, -0.1) is 0 Å². The van der Waals surface area contributed by atoms with Crippen LogP contribution >= 0.6 is 0 Å². The minimum atomic E-state index is -1.12. The summed E-state index contributed by atoms with van der Waals surface area (Å²) in [5.74, 6) is 0.234. The molecule has 4 aliphatic heterocycles. The zero-order valence-electron chi connectivity index (χ0n) is 43.5. The van der Waals surface area contributed by atoms with Gasteiger partial charge in [-0.1, -0.05) is 58.7 Å². The number of cyclic esters (lactones) is 1. The molecule has 11 rings (SSSR count). The highest BCUT2D eigenvalue weighted by Gasteiger charge is 2.58. The fraction of sp³-hybridized carbons (Fsp3) is 0.593. The van der Waals surface area contributed by atoms with Crippen LogP contribution in [-0.4, -0.2) is 105 Å². The number of hydrogen-bond donors (Lipinski definition) is 2. The number of hydrogen-bond acceptors (Lipinski definition) is 8. The first kappa shape index (κ1) is 49.6. The fourth-order valence-electron chi connectivity index (χ4n) is 13.7. The van der Waals surface area contributed by atoms with Gasteiger partial charge in [0.2, 0.25) is 17.7 Å². The molecule has 13 nitrogen and oxygen atoms in total. The standard InChI is InChI=1S/C59H74FN7O6/c1-6-65-49-18-17-40-29-44(49)46(52(65)42-13-9-21-61-50(42)35(2)3)31-58(4,5)34-73-56(71)47-14-10-22-67(63-47)55(70)48(28-36-25-37(32-60)27-41(40)26-36)62-53(68)51(39-11-7-8-12-39)66-24-20-59(57(66)72)19-23-64(33-59)54(69)45-30-43(45)38-15-16-38/h9,13,17-18,21,25-27,29,35,38-39,43,45,47-48,51,63H,6-8,10-12,14-16,19-20,22-24,28,30-34H2,1-5H3,(H,62,68)/t43-,45-,47+,48+,51+,59+/m1/s1. The van der Waals surface area contributed by atoms with Crippen molar-refractivity contribution in [3.8, 4) is 22.4 Å². The lowest BCUT2D eigenvalue weighted by Gasteiger charge is -2.37. The molecule has 3 aliphatic carbocycles. The second-order valence-electron chi connectivity index (χ2n) is 24.0. The largest absolute Gasteiger partial charge is 0.464 e. The average Bonchev–Trinajstić information content (AvgIpc) is 4.22. The molecule has 2 N–H and O–H groups in total. The van der Waals surface area contributed by atoms with Crippen molar-refractivity contribution < 1.29 is 33.1 Å². The van der Waals surface area contributed by atoms with E-state index in [4.69, 9.17) is 9.72 Å². The number of halogens is 1. The zero-order chi connectivity index (χ0) is 50.9. The van der Waals surface area contributed by atoms with E-state index < -0.39 is 47.5 Å². The van der Waals surface area contributed by atoms with Crippen LogP contribution < -0.4 is 10.7 Å². The monoisotopic (exact) mass is 996 g/mol. The lowest BCUT2D eigenvalue weighted by atomic mass is 9.83. The van der Waals surface area contributed by atoms with Crippen molar-refractivity contribution in [1.82, 2.24) is 35.1 Å². The summed E-state index contributed by atoms with van der Waals surface area (Å²) < 4.78 is 23.7. The van der Waals surface area contributed by atoms with Crippen LogP contribution in [0.4, 0.5) is 4.39 Å². The summed E-state index contributed by atoms with van der Waals surface area (Å²) in [6, 6.07) is 13.5. The van der Waals surface area contributed by atoms with E-state index in [0.29, 0.717) is 87.8 Å². The maximum absolute atomic E-state index is 15.2. The summed E-state index contributed by atoms with van der Waals surface area (Å²) in [7, 11) is 0. The van der Waals surface area contributed by atoms with Crippen LogP contribution in [0.15, 0.2) is 54.7 Å². The third-order valence-corrected chi connectivity index (χ3v) is 17.8. The molecule has 6 heterocycles. The molecule has 7 aliphatic rings. The predicted octanol–water partition coefficient (Wildman–Crippen LogP) is 8.69. The topological polar surface area (TPSA) is 146 Å². The number of ether oxygens (including phenoxy) is 1. The van der Waals surface area contributed by atoms with E-state index in [9.17, 15) is 14.4 Å². The van der Waals surface area contributed by atoms with Gasteiger partial charge in [0.25, 0.3) is 5.91 Å².